The van der Waals surface area contributed by atoms with Crippen molar-refractivity contribution in [1.82, 2.24) is 0 Å². The van der Waals surface area contributed by atoms with Gasteiger partial charge in [0, 0.05) is 56.0 Å². The molecule has 2 aromatic carbocycles. The number of hydrogen-bond acceptors (Lipinski definition) is 2. The quantitative estimate of drug-likeness (QED) is 0.274. The SMILES string of the molecule is CC(C)(c1ccccc1)C(C)(c1ccccc1)C(C(=O)I)C(=O)I. The highest BCUT2D eigenvalue weighted by Crippen LogP contribution is 2.50. The van der Waals surface area contributed by atoms with Crippen molar-refractivity contribution >= 4 is 52.8 Å². The second-order valence-corrected chi connectivity index (χ2v) is 8.73. The maximum absolute atomic E-state index is 12.4. The molecule has 24 heavy (non-hydrogen) atoms. The van der Waals surface area contributed by atoms with Gasteiger partial charge in [-0.1, -0.05) is 81.4 Å². The summed E-state index contributed by atoms with van der Waals surface area (Å²) >= 11 is 3.53. The second-order valence-electron chi connectivity index (χ2n) is 6.60. The second kappa shape index (κ2) is 7.64. The number of hydrogen-bond donors (Lipinski definition) is 0. The molecule has 0 aromatic heterocycles. The van der Waals surface area contributed by atoms with Crippen LogP contribution in [0, 0.1) is 5.92 Å². The monoisotopic (exact) mass is 546 g/mol. The van der Waals surface area contributed by atoms with Crippen LogP contribution in [0.4, 0.5) is 0 Å². The first-order chi connectivity index (χ1) is 11.2. The Morgan fingerprint density at radius 2 is 1.12 bits per heavy atom. The Morgan fingerprint density at radius 1 is 0.750 bits per heavy atom. The van der Waals surface area contributed by atoms with E-state index in [-0.39, 0.29) is 7.58 Å². The molecule has 2 rings (SSSR count). The Kier molecular flexibility index (Phi) is 6.23. The van der Waals surface area contributed by atoms with Crippen molar-refractivity contribution in [3.63, 3.8) is 0 Å². The third-order valence-electron chi connectivity index (χ3n) is 5.20. The van der Waals surface area contributed by atoms with E-state index in [1.165, 1.54) is 0 Å². The van der Waals surface area contributed by atoms with Crippen molar-refractivity contribution in [3.8, 4) is 0 Å². The lowest BCUT2D eigenvalue weighted by molar-refractivity contribution is -0.125. The summed E-state index contributed by atoms with van der Waals surface area (Å²) in [5, 5.41) is 0. The van der Waals surface area contributed by atoms with Gasteiger partial charge in [0.1, 0.15) is 5.92 Å². The van der Waals surface area contributed by atoms with E-state index < -0.39 is 16.7 Å². The molecule has 2 aromatic rings. The predicted octanol–water partition coefficient (Wildman–Crippen LogP) is 5.46. The predicted molar refractivity (Wildman–Crippen MR) is 115 cm³/mol. The molecule has 0 fully saturated rings. The van der Waals surface area contributed by atoms with Gasteiger partial charge in [-0.25, -0.2) is 0 Å². The molecule has 0 aliphatic carbocycles. The van der Waals surface area contributed by atoms with E-state index in [1.54, 1.807) is 45.2 Å². The van der Waals surface area contributed by atoms with Crippen molar-refractivity contribution < 1.29 is 9.59 Å². The highest BCUT2D eigenvalue weighted by molar-refractivity contribution is 14.1. The number of rotatable bonds is 6. The molecule has 0 aliphatic heterocycles. The van der Waals surface area contributed by atoms with Crippen LogP contribution in [0.1, 0.15) is 31.9 Å². The fourth-order valence-electron chi connectivity index (χ4n) is 3.37. The van der Waals surface area contributed by atoms with E-state index in [4.69, 9.17) is 0 Å². The average Bonchev–Trinajstić information content (AvgIpc) is 2.55. The van der Waals surface area contributed by atoms with Crippen LogP contribution in [0.15, 0.2) is 60.7 Å². The van der Waals surface area contributed by atoms with Crippen LogP contribution >= 0.6 is 45.2 Å². The average molecular weight is 546 g/mol. The van der Waals surface area contributed by atoms with Crippen molar-refractivity contribution in [2.24, 2.45) is 5.92 Å². The lowest BCUT2D eigenvalue weighted by Crippen LogP contribution is -2.52. The fourth-order valence-corrected chi connectivity index (χ4v) is 5.78. The van der Waals surface area contributed by atoms with Crippen LogP contribution in [-0.4, -0.2) is 7.58 Å². The van der Waals surface area contributed by atoms with Crippen LogP contribution in [0.5, 0.6) is 0 Å². The molecular weight excluding hydrogens is 526 g/mol. The maximum atomic E-state index is 12.4. The van der Waals surface area contributed by atoms with Gasteiger partial charge in [-0.05, 0) is 11.1 Å². The molecule has 0 amide bonds. The topological polar surface area (TPSA) is 34.1 Å². The zero-order chi connectivity index (χ0) is 18.0. The third-order valence-corrected chi connectivity index (χ3v) is 6.44. The molecule has 0 heterocycles. The lowest BCUT2D eigenvalue weighted by atomic mass is 9.55. The smallest absolute Gasteiger partial charge is 0.204 e. The summed E-state index contributed by atoms with van der Waals surface area (Å²) in [5.41, 5.74) is 1.03. The molecule has 0 saturated carbocycles. The molecule has 0 N–H and O–H groups in total. The molecule has 0 radical (unpaired) electrons. The van der Waals surface area contributed by atoms with Gasteiger partial charge in [0.2, 0.25) is 7.58 Å². The summed E-state index contributed by atoms with van der Waals surface area (Å²) in [6, 6.07) is 20.0. The maximum Gasteiger partial charge on any atom is 0.204 e. The first kappa shape index (κ1) is 19.6. The molecule has 4 heteroatoms. The zero-order valence-electron chi connectivity index (χ0n) is 13.9. The number of halogens is 2. The van der Waals surface area contributed by atoms with E-state index in [2.05, 4.69) is 26.0 Å². The number of carbonyl (C=O) groups excluding carboxylic acids is 2. The van der Waals surface area contributed by atoms with Gasteiger partial charge in [-0.15, -0.1) is 0 Å². The Labute approximate surface area is 170 Å². The minimum Gasteiger partial charge on any atom is -0.287 e. The Bertz CT molecular complexity index is 712. The molecular formula is C20H20I2O2. The highest BCUT2D eigenvalue weighted by atomic mass is 127. The largest absolute Gasteiger partial charge is 0.287 e. The van der Waals surface area contributed by atoms with E-state index in [9.17, 15) is 9.59 Å². The van der Waals surface area contributed by atoms with Crippen molar-refractivity contribution in [2.75, 3.05) is 0 Å². The molecule has 0 aliphatic rings. The first-order valence-electron chi connectivity index (χ1n) is 7.72. The van der Waals surface area contributed by atoms with Crippen molar-refractivity contribution in [2.45, 2.75) is 31.6 Å². The third kappa shape index (κ3) is 3.45. The minimum atomic E-state index is -0.712. The summed E-state index contributed by atoms with van der Waals surface area (Å²) in [6.45, 7) is 6.26. The van der Waals surface area contributed by atoms with Gasteiger partial charge < -0.3 is 0 Å². The van der Waals surface area contributed by atoms with Gasteiger partial charge >= 0.3 is 0 Å². The van der Waals surface area contributed by atoms with E-state index in [1.807, 2.05) is 55.5 Å². The van der Waals surface area contributed by atoms with E-state index in [0.29, 0.717) is 0 Å². The van der Waals surface area contributed by atoms with Gasteiger partial charge in [0.25, 0.3) is 0 Å². The summed E-state index contributed by atoms with van der Waals surface area (Å²) in [6.07, 6.45) is 0. The summed E-state index contributed by atoms with van der Waals surface area (Å²) in [5.74, 6) is -0.712. The molecule has 0 bridgehead atoms. The van der Waals surface area contributed by atoms with Crippen molar-refractivity contribution in [3.05, 3.63) is 71.8 Å². The van der Waals surface area contributed by atoms with Crippen molar-refractivity contribution in [1.29, 1.82) is 0 Å². The molecule has 2 nitrogen and oxygen atoms in total. The summed E-state index contributed by atoms with van der Waals surface area (Å²) in [7, 11) is 0. The minimum absolute atomic E-state index is 0.123. The normalized spacial score (nSPS) is 14.2. The van der Waals surface area contributed by atoms with Crippen LogP contribution in [0.2, 0.25) is 0 Å². The summed E-state index contributed by atoms with van der Waals surface area (Å²) < 4.78 is -0.246. The van der Waals surface area contributed by atoms with Crippen LogP contribution in [-0.2, 0) is 20.4 Å². The lowest BCUT2D eigenvalue weighted by Gasteiger charge is -2.48. The Hall–Kier alpha value is -0.760. The number of benzene rings is 2. The standard InChI is InChI=1S/C20H20I2O2/c1-19(2,14-10-6-4-7-11-14)20(3,15-12-8-5-9-13-15)16(17(21)23)18(22)24/h4-13,16H,1-3H3. The Balaban J connectivity index is 2.77. The summed E-state index contributed by atoms with van der Waals surface area (Å²) in [4.78, 5) is 24.9. The molecule has 0 saturated heterocycles. The Morgan fingerprint density at radius 3 is 1.50 bits per heavy atom. The van der Waals surface area contributed by atoms with Crippen LogP contribution in [0.25, 0.3) is 0 Å². The van der Waals surface area contributed by atoms with E-state index in [0.717, 1.165) is 11.1 Å². The molecule has 126 valence electrons. The van der Waals surface area contributed by atoms with Gasteiger partial charge in [-0.3, -0.25) is 9.59 Å². The van der Waals surface area contributed by atoms with Gasteiger partial charge in [0.05, 0.1) is 0 Å². The van der Waals surface area contributed by atoms with Gasteiger partial charge in [-0.2, -0.15) is 0 Å². The highest BCUT2D eigenvalue weighted by Gasteiger charge is 2.53. The fraction of sp³-hybridized carbons (Fsp3) is 0.300. The number of carbonyl (C=O) groups is 2. The molecule has 1 unspecified atom stereocenters. The first-order valence-corrected chi connectivity index (χ1v) is 9.88. The molecule has 1 atom stereocenters. The van der Waals surface area contributed by atoms with E-state index >= 15 is 0 Å². The van der Waals surface area contributed by atoms with Gasteiger partial charge in [0.15, 0.2) is 0 Å². The zero-order valence-corrected chi connectivity index (χ0v) is 18.2. The molecule has 0 spiro atoms. The van der Waals surface area contributed by atoms with Crippen LogP contribution < -0.4 is 0 Å². The van der Waals surface area contributed by atoms with Crippen LogP contribution in [0.3, 0.4) is 0 Å².